The molecule has 11 N–H and O–H groups in total. The zero-order valence-corrected chi connectivity index (χ0v) is 24.0. The fraction of sp³-hybridized carbons (Fsp3) is 0.480. The normalized spacial score (nSPS) is 13.8. The summed E-state index contributed by atoms with van der Waals surface area (Å²) in [4.78, 5) is 74.5. The number of carboxylic acid groups (broad SMARTS) is 6. The minimum Gasteiger partial charge on any atom is -0.507 e. The Morgan fingerprint density at radius 3 is 1.25 bits per heavy atom. The molecule has 0 spiro atoms. The molecule has 1 aromatic rings. The predicted octanol–water partition coefficient (Wildman–Crippen LogP) is -0.893. The first-order valence-electron chi connectivity index (χ1n) is 12.6. The summed E-state index contributed by atoms with van der Waals surface area (Å²) >= 11 is 4.65. The highest BCUT2D eigenvalue weighted by Crippen LogP contribution is 2.43. The number of benzene rings is 1. The number of phenols is 1. The Hall–Kier alpha value is -4.52. The van der Waals surface area contributed by atoms with Crippen LogP contribution in [0.2, 0.25) is 0 Å². The van der Waals surface area contributed by atoms with E-state index in [2.05, 4.69) is 22.4 Å². The first-order chi connectivity index (χ1) is 20.3. The third-order valence-electron chi connectivity index (χ3n) is 6.46. The Kier molecular flexibility index (Phi) is 13.9. The fourth-order valence-electron chi connectivity index (χ4n) is 4.58. The maximum Gasteiger partial charge on any atom is 0.317 e. The van der Waals surface area contributed by atoms with Gasteiger partial charge in [0, 0.05) is 24.2 Å². The monoisotopic (exact) mass is 643 g/mol. The van der Waals surface area contributed by atoms with Crippen molar-refractivity contribution in [2.45, 2.75) is 36.8 Å². The molecule has 18 nitrogen and oxygen atoms in total. The van der Waals surface area contributed by atoms with Crippen LogP contribution in [0.5, 0.6) is 5.75 Å². The minimum atomic E-state index is -2.05. The van der Waals surface area contributed by atoms with Crippen LogP contribution >= 0.6 is 12.2 Å². The molecule has 0 amide bonds. The summed E-state index contributed by atoms with van der Waals surface area (Å²) in [6, 6.07) is 2.25. The molecule has 0 radical (unpaired) electrons. The van der Waals surface area contributed by atoms with Crippen LogP contribution in [0.25, 0.3) is 0 Å². The van der Waals surface area contributed by atoms with E-state index in [4.69, 9.17) is 31.9 Å². The van der Waals surface area contributed by atoms with Gasteiger partial charge in [0.05, 0.1) is 60.9 Å². The van der Waals surface area contributed by atoms with Gasteiger partial charge in [-0.2, -0.15) is 4.99 Å². The van der Waals surface area contributed by atoms with Gasteiger partial charge in [0.15, 0.2) is 0 Å². The molecule has 1 rings (SSSR count). The summed E-state index contributed by atoms with van der Waals surface area (Å²) in [5, 5.41) is 69.4. The van der Waals surface area contributed by atoms with Crippen LogP contribution in [-0.4, -0.2) is 126 Å². The first-order valence-corrected chi connectivity index (χ1v) is 13.0. The number of carbonyl (C=O) groups is 6. The van der Waals surface area contributed by atoms with Gasteiger partial charge in [0.25, 0.3) is 0 Å². The number of aliphatic carboxylic acids is 6. The largest absolute Gasteiger partial charge is 0.507 e. The molecule has 0 bridgehead atoms. The maximum absolute atomic E-state index is 11.9. The minimum absolute atomic E-state index is 0.107. The molecular formula is C25H33N5O13S. The summed E-state index contributed by atoms with van der Waals surface area (Å²) in [6.07, 6.45) is -2.64. The number of hydrogen-bond acceptors (Lipinski definition) is 13. The molecule has 0 aliphatic rings. The smallest absolute Gasteiger partial charge is 0.317 e. The van der Waals surface area contributed by atoms with E-state index in [9.17, 15) is 44.1 Å². The van der Waals surface area contributed by atoms with Crippen molar-refractivity contribution in [3.8, 4) is 5.75 Å². The number of nitrogens with zero attached hydrogens (tertiary/aromatic N) is 3. The van der Waals surface area contributed by atoms with Crippen molar-refractivity contribution in [3.63, 3.8) is 0 Å². The molecule has 19 heteroatoms. The molecule has 2 atom stereocenters. The van der Waals surface area contributed by atoms with Crippen molar-refractivity contribution in [3.05, 3.63) is 23.3 Å². The number of carboxylic acids is 6. The summed E-state index contributed by atoms with van der Waals surface area (Å²) in [6.45, 7) is -3.71. The summed E-state index contributed by atoms with van der Waals surface area (Å²) in [5.74, 6) is -9.23. The van der Waals surface area contributed by atoms with E-state index in [0.717, 1.165) is 21.9 Å². The quantitative estimate of drug-likeness (QED) is 0.0579. The molecule has 0 aromatic heterocycles. The lowest BCUT2D eigenvalue weighted by Crippen LogP contribution is -2.46. The van der Waals surface area contributed by atoms with Crippen LogP contribution in [0, 0.1) is 0 Å². The SMILES string of the molecule is NC(CCN(CC(=O)O)CC(=O)O)(CC(=O)O)c1cc(N=C=S)cc(C(N)(CCN(CC(=O)O)CC(=O)O)CC(=O)O)c1O. The Bertz CT molecular complexity index is 1220. The van der Waals surface area contributed by atoms with Crippen molar-refractivity contribution in [1.82, 2.24) is 9.80 Å². The lowest BCUT2D eigenvalue weighted by atomic mass is 9.77. The second-order valence-electron chi connectivity index (χ2n) is 10.0. The second-order valence-corrected chi connectivity index (χ2v) is 10.2. The zero-order valence-electron chi connectivity index (χ0n) is 23.2. The molecular weight excluding hydrogens is 610 g/mol. The van der Waals surface area contributed by atoms with Gasteiger partial charge in [-0.05, 0) is 37.2 Å². The number of rotatable bonds is 21. The average molecular weight is 644 g/mol. The average Bonchev–Trinajstić information content (AvgIpc) is 2.85. The molecule has 44 heavy (non-hydrogen) atoms. The molecule has 2 unspecified atom stereocenters. The Labute approximate surface area is 254 Å². The summed E-state index contributed by atoms with van der Waals surface area (Å²) in [5.41, 5.74) is 8.12. The Morgan fingerprint density at radius 1 is 0.682 bits per heavy atom. The molecule has 0 aliphatic heterocycles. The number of isothiocyanates is 1. The van der Waals surface area contributed by atoms with Crippen LogP contribution in [-0.2, 0) is 39.8 Å². The molecule has 0 aliphatic carbocycles. The number of aliphatic imine (C=N–C) groups is 1. The van der Waals surface area contributed by atoms with Crippen LogP contribution in [0.15, 0.2) is 17.1 Å². The van der Waals surface area contributed by atoms with Crippen molar-refractivity contribution in [2.75, 3.05) is 39.3 Å². The maximum atomic E-state index is 11.9. The molecule has 242 valence electrons. The summed E-state index contributed by atoms with van der Waals surface area (Å²) in [7, 11) is 0. The molecule has 1 aromatic carbocycles. The highest BCUT2D eigenvalue weighted by atomic mass is 32.1. The number of nitrogens with two attached hydrogens (primary N) is 2. The van der Waals surface area contributed by atoms with E-state index in [1.165, 1.54) is 0 Å². The molecule has 0 saturated heterocycles. The van der Waals surface area contributed by atoms with Crippen LogP contribution < -0.4 is 11.5 Å². The van der Waals surface area contributed by atoms with Crippen LogP contribution in [0.1, 0.15) is 36.8 Å². The van der Waals surface area contributed by atoms with Crippen molar-refractivity contribution < 1.29 is 64.5 Å². The van der Waals surface area contributed by atoms with Crippen LogP contribution in [0.3, 0.4) is 0 Å². The van der Waals surface area contributed by atoms with Gasteiger partial charge in [-0.1, -0.05) is 0 Å². The fourth-order valence-corrected chi connectivity index (χ4v) is 4.69. The zero-order chi connectivity index (χ0) is 33.8. The third-order valence-corrected chi connectivity index (χ3v) is 6.55. The van der Waals surface area contributed by atoms with Gasteiger partial charge < -0.3 is 47.2 Å². The molecule has 0 saturated carbocycles. The van der Waals surface area contributed by atoms with E-state index in [1.54, 1.807) is 0 Å². The standard InChI is InChI=1S/C25H33N5O13S/c26-24(7-17(31)32,1-3-29(9-19(35)36)10-20(37)38)15-5-14(28-13-44)6-16(23(15)43)25(27,8-18(33)34)2-4-30(11-21(39)40)12-22(41)42/h5-6,43H,1-4,7-12,26-27H2,(H,31,32)(H,33,34)(H,35,36)(H,37,38)(H,39,40)(H,41,42). The number of thiocarbonyl (C=S) groups is 1. The van der Waals surface area contributed by atoms with Gasteiger partial charge in [0.2, 0.25) is 0 Å². The van der Waals surface area contributed by atoms with E-state index in [1.807, 2.05) is 0 Å². The molecule has 0 heterocycles. The lowest BCUT2D eigenvalue weighted by molar-refractivity contribution is -0.144. The van der Waals surface area contributed by atoms with Gasteiger partial charge >= 0.3 is 35.8 Å². The molecule has 0 fully saturated rings. The summed E-state index contributed by atoms with van der Waals surface area (Å²) < 4.78 is 0. The van der Waals surface area contributed by atoms with Crippen molar-refractivity contribution in [1.29, 1.82) is 0 Å². The van der Waals surface area contributed by atoms with E-state index >= 15 is 0 Å². The van der Waals surface area contributed by atoms with Gasteiger partial charge in [-0.15, -0.1) is 0 Å². The lowest BCUT2D eigenvalue weighted by Gasteiger charge is -2.36. The topological polar surface area (TPSA) is 315 Å². The predicted molar refractivity (Wildman–Crippen MR) is 152 cm³/mol. The second kappa shape index (κ2) is 16.4. The van der Waals surface area contributed by atoms with Crippen molar-refractivity contribution >= 4 is 58.9 Å². The van der Waals surface area contributed by atoms with E-state index < -0.39 is 105 Å². The first kappa shape index (κ1) is 37.5. The number of phenolic OH excluding ortho intramolecular Hbond substituents is 1. The van der Waals surface area contributed by atoms with Gasteiger partial charge in [-0.25, -0.2) is 0 Å². The third kappa shape index (κ3) is 12.0. The van der Waals surface area contributed by atoms with Crippen molar-refractivity contribution in [2.24, 2.45) is 16.5 Å². The number of hydrogen-bond donors (Lipinski definition) is 9. The Balaban J connectivity index is 3.82. The highest BCUT2D eigenvalue weighted by Gasteiger charge is 2.40. The number of aromatic hydroxyl groups is 1. The van der Waals surface area contributed by atoms with E-state index in [-0.39, 0.29) is 29.9 Å². The highest BCUT2D eigenvalue weighted by molar-refractivity contribution is 7.78. The van der Waals surface area contributed by atoms with Crippen LogP contribution in [0.4, 0.5) is 5.69 Å². The Morgan fingerprint density at radius 2 is 1.00 bits per heavy atom. The van der Waals surface area contributed by atoms with Gasteiger partial charge in [0.1, 0.15) is 5.75 Å². The van der Waals surface area contributed by atoms with Gasteiger partial charge in [-0.3, -0.25) is 38.6 Å². The van der Waals surface area contributed by atoms with E-state index in [0.29, 0.717) is 0 Å².